The summed E-state index contributed by atoms with van der Waals surface area (Å²) in [7, 11) is 0. The van der Waals surface area contributed by atoms with Gasteiger partial charge in [0.15, 0.2) is 0 Å². The van der Waals surface area contributed by atoms with Gasteiger partial charge in [-0.05, 0) is 0 Å². The highest BCUT2D eigenvalue weighted by Gasteiger charge is 2.17. The van der Waals surface area contributed by atoms with Crippen molar-refractivity contribution in [3.8, 4) is 0 Å². The average molecular weight is 229 g/mol. The Hall–Kier alpha value is -2.22. The van der Waals surface area contributed by atoms with Crippen molar-refractivity contribution in [2.24, 2.45) is 11.5 Å². The van der Waals surface area contributed by atoms with Gasteiger partial charge >= 0.3 is 5.97 Å². The molecule has 0 spiro atoms. The number of nitrogens with two attached hydrogens (primary N) is 2. The Morgan fingerprint density at radius 2 is 1.81 bits per heavy atom. The van der Waals surface area contributed by atoms with Crippen LogP contribution in [0.1, 0.15) is 6.42 Å². The number of carbonyl (C=O) groups excluding carboxylic acids is 3. The third-order valence-electron chi connectivity index (χ3n) is 1.38. The first-order valence-electron chi connectivity index (χ1n) is 4.12. The van der Waals surface area contributed by atoms with E-state index in [-0.39, 0.29) is 0 Å². The lowest BCUT2D eigenvalue weighted by atomic mass is 10.2. The number of hydrogen-bond acceptors (Lipinski definition) is 5. The Morgan fingerprint density at radius 1 is 1.25 bits per heavy atom. The van der Waals surface area contributed by atoms with Gasteiger partial charge in [0.05, 0.1) is 12.5 Å². The second-order valence-corrected chi connectivity index (χ2v) is 2.80. The zero-order valence-electron chi connectivity index (χ0n) is 8.17. The van der Waals surface area contributed by atoms with Crippen molar-refractivity contribution in [2.45, 2.75) is 12.5 Å². The van der Waals surface area contributed by atoms with E-state index < -0.39 is 36.2 Å². The van der Waals surface area contributed by atoms with Crippen molar-refractivity contribution < 1.29 is 24.3 Å². The number of primary amides is 1. The maximum absolute atomic E-state index is 11.1. The molecule has 16 heavy (non-hydrogen) atoms. The molecule has 0 heterocycles. The summed E-state index contributed by atoms with van der Waals surface area (Å²) in [5.74, 6) is -3.95. The van der Waals surface area contributed by atoms with Gasteiger partial charge in [-0.1, -0.05) is 0 Å². The predicted molar refractivity (Wildman–Crippen MR) is 51.7 cm³/mol. The number of amides is 3. The third kappa shape index (κ3) is 6.27. The van der Waals surface area contributed by atoms with Crippen molar-refractivity contribution in [1.82, 2.24) is 5.32 Å². The van der Waals surface area contributed by atoms with Gasteiger partial charge in [-0.3, -0.25) is 19.7 Å². The van der Waals surface area contributed by atoms with Crippen LogP contribution in [0.2, 0.25) is 0 Å². The van der Waals surface area contributed by atoms with E-state index in [9.17, 15) is 19.2 Å². The summed E-state index contributed by atoms with van der Waals surface area (Å²) < 4.78 is 0. The van der Waals surface area contributed by atoms with Gasteiger partial charge in [-0.15, -0.1) is 0 Å². The number of aliphatic carboxylic acids is 1. The second-order valence-electron chi connectivity index (χ2n) is 2.80. The standard InChI is InChI=1S/C8H11N3O5/c9-4(3-5(10)12)8(16)11-6(13)1-2-7(14)15/h1-2,4H,3,9H2,(H2,10,12)(H,14,15)(H,11,13,16)/b2-1-/t4-/m0/s1. The smallest absolute Gasteiger partial charge is 0.328 e. The molecule has 0 aliphatic rings. The molecule has 0 unspecified atom stereocenters. The maximum Gasteiger partial charge on any atom is 0.328 e. The molecule has 0 aromatic rings. The summed E-state index contributed by atoms with van der Waals surface area (Å²) in [6, 6.07) is -1.24. The fraction of sp³-hybridized carbons (Fsp3) is 0.250. The highest BCUT2D eigenvalue weighted by molar-refractivity contribution is 6.05. The fourth-order valence-corrected chi connectivity index (χ4v) is 0.712. The van der Waals surface area contributed by atoms with E-state index in [1.54, 1.807) is 5.32 Å². The van der Waals surface area contributed by atoms with E-state index in [0.717, 1.165) is 0 Å². The van der Waals surface area contributed by atoms with Gasteiger partial charge in [0.1, 0.15) is 0 Å². The lowest BCUT2D eigenvalue weighted by Crippen LogP contribution is -2.44. The van der Waals surface area contributed by atoms with Gasteiger partial charge in [-0.25, -0.2) is 4.79 Å². The largest absolute Gasteiger partial charge is 0.478 e. The molecule has 0 aromatic heterocycles. The first-order chi connectivity index (χ1) is 7.32. The van der Waals surface area contributed by atoms with Crippen LogP contribution >= 0.6 is 0 Å². The molecular weight excluding hydrogens is 218 g/mol. The maximum atomic E-state index is 11.1. The van der Waals surface area contributed by atoms with E-state index in [4.69, 9.17) is 16.6 Å². The predicted octanol–water partition coefficient (Wildman–Crippen LogP) is -2.53. The summed E-state index contributed by atoms with van der Waals surface area (Å²) in [6.07, 6.45) is 0.807. The van der Waals surface area contributed by atoms with Crippen LogP contribution in [0.15, 0.2) is 12.2 Å². The van der Waals surface area contributed by atoms with E-state index in [0.29, 0.717) is 12.2 Å². The van der Waals surface area contributed by atoms with Crippen LogP contribution in [0.5, 0.6) is 0 Å². The monoisotopic (exact) mass is 229 g/mol. The molecule has 0 fully saturated rings. The minimum absolute atomic E-state index is 0.401. The Kier molecular flexibility index (Phi) is 5.42. The Morgan fingerprint density at radius 3 is 2.25 bits per heavy atom. The number of hydrogen-bond donors (Lipinski definition) is 4. The molecule has 0 aromatic carbocycles. The molecule has 3 amide bonds. The second kappa shape index (κ2) is 6.30. The van der Waals surface area contributed by atoms with Crippen molar-refractivity contribution in [1.29, 1.82) is 0 Å². The van der Waals surface area contributed by atoms with Crippen molar-refractivity contribution in [3.63, 3.8) is 0 Å². The van der Waals surface area contributed by atoms with Crippen LogP contribution in [-0.2, 0) is 19.2 Å². The Bertz CT molecular complexity index is 350. The van der Waals surface area contributed by atoms with Crippen LogP contribution in [-0.4, -0.2) is 34.8 Å². The summed E-state index contributed by atoms with van der Waals surface area (Å²) in [5.41, 5.74) is 10.0. The molecule has 88 valence electrons. The highest BCUT2D eigenvalue weighted by atomic mass is 16.4. The minimum Gasteiger partial charge on any atom is -0.478 e. The zero-order chi connectivity index (χ0) is 12.7. The summed E-state index contributed by atoms with van der Waals surface area (Å²) >= 11 is 0. The Labute approximate surface area is 90.3 Å². The van der Waals surface area contributed by atoms with E-state index >= 15 is 0 Å². The van der Waals surface area contributed by atoms with Gasteiger partial charge in [0, 0.05) is 12.2 Å². The SMILES string of the molecule is NC(=O)C[C@H](N)C(=O)NC(=O)/C=C\C(=O)O. The average Bonchev–Trinajstić information content (AvgIpc) is 2.13. The van der Waals surface area contributed by atoms with Crippen LogP contribution in [0.25, 0.3) is 0 Å². The molecule has 0 aliphatic carbocycles. The van der Waals surface area contributed by atoms with Crippen molar-refractivity contribution in [3.05, 3.63) is 12.2 Å². The van der Waals surface area contributed by atoms with Crippen LogP contribution in [0.4, 0.5) is 0 Å². The van der Waals surface area contributed by atoms with Crippen molar-refractivity contribution >= 4 is 23.7 Å². The van der Waals surface area contributed by atoms with Gasteiger partial charge in [-0.2, -0.15) is 0 Å². The van der Waals surface area contributed by atoms with E-state index in [1.807, 2.05) is 0 Å². The zero-order valence-corrected chi connectivity index (χ0v) is 8.17. The highest BCUT2D eigenvalue weighted by Crippen LogP contribution is 1.87. The normalized spacial score (nSPS) is 12.1. The number of carbonyl (C=O) groups is 4. The third-order valence-corrected chi connectivity index (χ3v) is 1.38. The number of carboxylic acids is 1. The van der Waals surface area contributed by atoms with Crippen molar-refractivity contribution in [2.75, 3.05) is 0 Å². The molecule has 0 saturated heterocycles. The molecule has 6 N–H and O–H groups in total. The fourth-order valence-electron chi connectivity index (χ4n) is 0.712. The number of imide groups is 1. The molecule has 0 rings (SSSR count). The lowest BCUT2D eigenvalue weighted by molar-refractivity contribution is -0.133. The molecule has 0 saturated carbocycles. The molecular formula is C8H11N3O5. The number of nitrogens with one attached hydrogen (secondary N) is 1. The van der Waals surface area contributed by atoms with Gasteiger partial charge < -0.3 is 16.6 Å². The summed E-state index contributed by atoms with van der Waals surface area (Å²) in [4.78, 5) is 42.4. The number of rotatable bonds is 5. The Balaban J connectivity index is 4.19. The lowest BCUT2D eigenvalue weighted by Gasteiger charge is -2.07. The van der Waals surface area contributed by atoms with E-state index in [2.05, 4.69) is 0 Å². The molecule has 8 nitrogen and oxygen atoms in total. The van der Waals surface area contributed by atoms with E-state index in [1.165, 1.54) is 0 Å². The van der Waals surface area contributed by atoms with Crippen LogP contribution < -0.4 is 16.8 Å². The topological polar surface area (TPSA) is 153 Å². The van der Waals surface area contributed by atoms with Crippen LogP contribution in [0, 0.1) is 0 Å². The van der Waals surface area contributed by atoms with Gasteiger partial charge in [0.25, 0.3) is 5.91 Å². The van der Waals surface area contributed by atoms with Gasteiger partial charge in [0.2, 0.25) is 11.8 Å². The minimum atomic E-state index is -1.33. The van der Waals surface area contributed by atoms with Crippen LogP contribution in [0.3, 0.4) is 0 Å². The summed E-state index contributed by atoms with van der Waals surface area (Å²) in [5, 5.41) is 9.97. The molecule has 0 aliphatic heterocycles. The molecule has 0 bridgehead atoms. The molecule has 8 heteroatoms. The first-order valence-corrected chi connectivity index (χ1v) is 4.12. The molecule has 0 radical (unpaired) electrons. The summed E-state index contributed by atoms with van der Waals surface area (Å²) in [6.45, 7) is 0. The molecule has 1 atom stereocenters. The first kappa shape index (κ1) is 13.8. The quantitative estimate of drug-likeness (QED) is 0.381. The number of carboxylic acid groups (broad SMARTS) is 1.